The molecular weight excluding hydrogens is 238 g/mol. The van der Waals surface area contributed by atoms with E-state index in [4.69, 9.17) is 0 Å². The molecular formula is C14H21N5. The average molecular weight is 259 g/mol. The molecule has 0 aromatic carbocycles. The van der Waals surface area contributed by atoms with Gasteiger partial charge in [0, 0.05) is 19.7 Å². The van der Waals surface area contributed by atoms with Gasteiger partial charge in [-0.3, -0.25) is 9.67 Å². The molecule has 0 aliphatic heterocycles. The summed E-state index contributed by atoms with van der Waals surface area (Å²) in [6.07, 6.45) is 5.35. The monoisotopic (exact) mass is 259 g/mol. The van der Waals surface area contributed by atoms with Crippen LogP contribution in [0.25, 0.3) is 0 Å². The number of nitrogens with zero attached hydrogens (tertiary/aromatic N) is 4. The van der Waals surface area contributed by atoms with Crippen LogP contribution in [-0.4, -0.2) is 26.3 Å². The van der Waals surface area contributed by atoms with E-state index < -0.39 is 0 Å². The average Bonchev–Trinajstić information content (AvgIpc) is 2.80. The molecule has 102 valence electrons. The van der Waals surface area contributed by atoms with Gasteiger partial charge in [0.15, 0.2) is 0 Å². The molecule has 19 heavy (non-hydrogen) atoms. The van der Waals surface area contributed by atoms with Crippen molar-refractivity contribution in [2.45, 2.75) is 32.7 Å². The van der Waals surface area contributed by atoms with Gasteiger partial charge in [0.2, 0.25) is 0 Å². The maximum Gasteiger partial charge on any atom is 0.138 e. The van der Waals surface area contributed by atoms with E-state index >= 15 is 0 Å². The maximum absolute atomic E-state index is 4.48. The molecule has 2 aromatic rings. The summed E-state index contributed by atoms with van der Waals surface area (Å²) in [5, 5.41) is 7.65. The number of rotatable bonds is 6. The summed E-state index contributed by atoms with van der Waals surface area (Å²) in [5.74, 6) is 0.969. The number of hydrogen-bond donors (Lipinski definition) is 1. The first-order chi connectivity index (χ1) is 9.20. The van der Waals surface area contributed by atoms with E-state index in [0.29, 0.717) is 0 Å². The Morgan fingerprint density at radius 2 is 2.21 bits per heavy atom. The highest BCUT2D eigenvalue weighted by atomic mass is 15.3. The van der Waals surface area contributed by atoms with Crippen molar-refractivity contribution in [1.29, 1.82) is 0 Å². The van der Waals surface area contributed by atoms with Gasteiger partial charge in [-0.2, -0.15) is 5.10 Å². The molecule has 5 nitrogen and oxygen atoms in total. The van der Waals surface area contributed by atoms with Gasteiger partial charge in [-0.25, -0.2) is 4.98 Å². The van der Waals surface area contributed by atoms with Crippen molar-refractivity contribution >= 4 is 0 Å². The third-order valence-corrected chi connectivity index (χ3v) is 3.13. The quantitative estimate of drug-likeness (QED) is 0.859. The molecule has 2 rings (SSSR count). The lowest BCUT2D eigenvalue weighted by Crippen LogP contribution is -2.26. The Hall–Kier alpha value is -1.75. The first-order valence-electron chi connectivity index (χ1n) is 6.69. The fraction of sp³-hybridized carbons (Fsp3) is 0.500. The van der Waals surface area contributed by atoms with Gasteiger partial charge >= 0.3 is 0 Å². The molecule has 0 amide bonds. The summed E-state index contributed by atoms with van der Waals surface area (Å²) in [6.45, 7) is 5.22. The molecule has 2 heterocycles. The van der Waals surface area contributed by atoms with Crippen LogP contribution in [0.15, 0.2) is 24.7 Å². The highest BCUT2D eigenvalue weighted by Gasteiger charge is 2.15. The minimum Gasteiger partial charge on any atom is -0.308 e. The fourth-order valence-corrected chi connectivity index (χ4v) is 2.04. The van der Waals surface area contributed by atoms with Crippen LogP contribution in [0.1, 0.15) is 36.5 Å². The van der Waals surface area contributed by atoms with Crippen LogP contribution in [0.2, 0.25) is 0 Å². The van der Waals surface area contributed by atoms with Crippen LogP contribution in [-0.2, 0) is 13.5 Å². The SMILES string of the molecule is CCCNC(Cc1ncnn1C)c1cc(C)ccn1. The van der Waals surface area contributed by atoms with E-state index in [1.807, 2.05) is 24.0 Å². The van der Waals surface area contributed by atoms with Crippen molar-refractivity contribution < 1.29 is 0 Å². The van der Waals surface area contributed by atoms with Gasteiger partial charge < -0.3 is 5.32 Å². The zero-order valence-electron chi connectivity index (χ0n) is 11.8. The van der Waals surface area contributed by atoms with E-state index in [0.717, 1.165) is 30.9 Å². The fourth-order valence-electron chi connectivity index (χ4n) is 2.04. The van der Waals surface area contributed by atoms with Crippen molar-refractivity contribution in [3.8, 4) is 0 Å². The molecule has 1 N–H and O–H groups in total. The Kier molecular flexibility index (Phi) is 4.63. The number of aromatic nitrogens is 4. The third-order valence-electron chi connectivity index (χ3n) is 3.13. The molecule has 0 radical (unpaired) electrons. The predicted octanol–water partition coefficient (Wildman–Crippen LogP) is 1.80. The lowest BCUT2D eigenvalue weighted by molar-refractivity contribution is 0.496. The predicted molar refractivity (Wildman–Crippen MR) is 74.7 cm³/mol. The molecule has 2 aromatic heterocycles. The van der Waals surface area contributed by atoms with E-state index in [1.54, 1.807) is 6.33 Å². The normalized spacial score (nSPS) is 12.6. The summed E-state index contributed by atoms with van der Waals surface area (Å²) in [5.41, 5.74) is 2.29. The third kappa shape index (κ3) is 3.61. The van der Waals surface area contributed by atoms with Crippen LogP contribution >= 0.6 is 0 Å². The summed E-state index contributed by atoms with van der Waals surface area (Å²) in [4.78, 5) is 8.78. The molecule has 0 fully saturated rings. The lowest BCUT2D eigenvalue weighted by Gasteiger charge is -2.17. The Morgan fingerprint density at radius 1 is 1.37 bits per heavy atom. The minimum absolute atomic E-state index is 0.183. The first kappa shape index (κ1) is 13.7. The summed E-state index contributed by atoms with van der Waals surface area (Å²) in [7, 11) is 1.92. The van der Waals surface area contributed by atoms with Crippen LogP contribution in [0.3, 0.4) is 0 Å². The van der Waals surface area contributed by atoms with E-state index in [-0.39, 0.29) is 6.04 Å². The Morgan fingerprint density at radius 3 is 2.84 bits per heavy atom. The summed E-state index contributed by atoms with van der Waals surface area (Å²) < 4.78 is 1.82. The van der Waals surface area contributed by atoms with Crippen molar-refractivity contribution in [1.82, 2.24) is 25.1 Å². The van der Waals surface area contributed by atoms with Crippen LogP contribution < -0.4 is 5.32 Å². The zero-order valence-corrected chi connectivity index (χ0v) is 11.8. The highest BCUT2D eigenvalue weighted by Crippen LogP contribution is 2.16. The van der Waals surface area contributed by atoms with Gasteiger partial charge in [-0.15, -0.1) is 0 Å². The number of hydrogen-bond acceptors (Lipinski definition) is 4. The Balaban J connectivity index is 2.18. The molecule has 0 aliphatic carbocycles. The van der Waals surface area contributed by atoms with Gasteiger partial charge in [-0.1, -0.05) is 6.92 Å². The molecule has 0 saturated heterocycles. The topological polar surface area (TPSA) is 55.6 Å². The second-order valence-electron chi connectivity index (χ2n) is 4.77. The highest BCUT2D eigenvalue weighted by molar-refractivity contribution is 5.18. The van der Waals surface area contributed by atoms with Gasteiger partial charge in [0.05, 0.1) is 11.7 Å². The smallest absolute Gasteiger partial charge is 0.138 e. The van der Waals surface area contributed by atoms with Crippen molar-refractivity contribution in [2.24, 2.45) is 7.05 Å². The van der Waals surface area contributed by atoms with Crippen LogP contribution in [0, 0.1) is 6.92 Å². The number of pyridine rings is 1. The largest absolute Gasteiger partial charge is 0.308 e. The standard InChI is InChI=1S/C14H21N5/c1-4-6-15-13(9-14-17-10-18-19(14)3)12-8-11(2)5-7-16-12/h5,7-8,10,13,15H,4,6,9H2,1-3H3. The molecule has 0 aliphatic rings. The minimum atomic E-state index is 0.183. The zero-order chi connectivity index (χ0) is 13.7. The second-order valence-corrected chi connectivity index (χ2v) is 4.77. The summed E-state index contributed by atoms with van der Waals surface area (Å²) >= 11 is 0. The van der Waals surface area contributed by atoms with E-state index in [1.165, 1.54) is 5.56 Å². The van der Waals surface area contributed by atoms with Gasteiger partial charge in [-0.05, 0) is 37.6 Å². The second kappa shape index (κ2) is 6.43. The van der Waals surface area contributed by atoms with Crippen molar-refractivity contribution in [2.75, 3.05) is 6.54 Å². The number of nitrogens with one attached hydrogen (secondary N) is 1. The Bertz CT molecular complexity index is 520. The van der Waals surface area contributed by atoms with E-state index in [2.05, 4.69) is 40.3 Å². The summed E-state index contributed by atoms with van der Waals surface area (Å²) in [6, 6.07) is 4.33. The van der Waals surface area contributed by atoms with Crippen LogP contribution in [0.5, 0.6) is 0 Å². The molecule has 0 saturated carbocycles. The Labute approximate surface area is 114 Å². The van der Waals surface area contributed by atoms with Crippen molar-refractivity contribution in [3.63, 3.8) is 0 Å². The lowest BCUT2D eigenvalue weighted by atomic mass is 10.1. The van der Waals surface area contributed by atoms with Crippen molar-refractivity contribution in [3.05, 3.63) is 41.7 Å². The maximum atomic E-state index is 4.48. The molecule has 0 bridgehead atoms. The van der Waals surface area contributed by atoms with E-state index in [9.17, 15) is 0 Å². The molecule has 0 spiro atoms. The van der Waals surface area contributed by atoms with Gasteiger partial charge in [0.25, 0.3) is 0 Å². The van der Waals surface area contributed by atoms with Gasteiger partial charge in [0.1, 0.15) is 12.2 Å². The molecule has 1 unspecified atom stereocenters. The number of aryl methyl sites for hydroxylation is 2. The molecule has 5 heteroatoms. The molecule has 1 atom stereocenters. The van der Waals surface area contributed by atoms with Crippen LogP contribution in [0.4, 0.5) is 0 Å². The first-order valence-corrected chi connectivity index (χ1v) is 6.69.